The van der Waals surface area contributed by atoms with Crippen molar-refractivity contribution in [2.24, 2.45) is 10.2 Å². The Balaban J connectivity index is 1.51. The maximum absolute atomic E-state index is 10.9. The number of hydrogen-bond donors (Lipinski definition) is 0. The normalized spacial score (nSPS) is 11.3. The number of ether oxygens (including phenoxy) is 1. The van der Waals surface area contributed by atoms with Gasteiger partial charge < -0.3 is 4.74 Å². The van der Waals surface area contributed by atoms with E-state index in [9.17, 15) is 10.1 Å². The zero-order chi connectivity index (χ0) is 20.5. The van der Waals surface area contributed by atoms with Crippen LogP contribution in [0.3, 0.4) is 0 Å². The Morgan fingerprint density at radius 3 is 2.55 bits per heavy atom. The molecular weight excluding hydrogens is 388 g/mol. The second-order valence-electron chi connectivity index (χ2n) is 6.72. The molecule has 1 heterocycles. The molecule has 0 aliphatic carbocycles. The number of azo groups is 1. The zero-order valence-corrected chi connectivity index (χ0v) is 17.2. The standard InChI is InChI=1S/C21H24N4O3S/c1-2-3-4-5-6-7-14-28-18-11-8-16(9-12-18)23-24-21-22-19-13-10-17(25(26)27)15-20(19)29-21/h8-13,15H,2-7,14H2,1H3. The Morgan fingerprint density at radius 2 is 1.79 bits per heavy atom. The minimum absolute atomic E-state index is 0.0428. The van der Waals surface area contributed by atoms with Crippen LogP contribution in [0.15, 0.2) is 52.7 Å². The molecule has 3 aromatic rings. The zero-order valence-electron chi connectivity index (χ0n) is 16.4. The summed E-state index contributed by atoms with van der Waals surface area (Å²) in [6, 6.07) is 12.0. The number of nitro groups is 1. The summed E-state index contributed by atoms with van der Waals surface area (Å²) >= 11 is 1.27. The van der Waals surface area contributed by atoms with E-state index in [2.05, 4.69) is 22.1 Å². The highest BCUT2D eigenvalue weighted by atomic mass is 32.1. The molecule has 0 atom stereocenters. The van der Waals surface area contributed by atoms with Crippen LogP contribution in [-0.4, -0.2) is 16.5 Å². The van der Waals surface area contributed by atoms with Gasteiger partial charge >= 0.3 is 0 Å². The third kappa shape index (κ3) is 6.32. The first-order valence-corrected chi connectivity index (χ1v) is 10.7. The number of fused-ring (bicyclic) bond motifs is 1. The van der Waals surface area contributed by atoms with Gasteiger partial charge in [0, 0.05) is 12.1 Å². The number of thiazole rings is 1. The van der Waals surface area contributed by atoms with E-state index in [-0.39, 0.29) is 5.69 Å². The lowest BCUT2D eigenvalue weighted by Gasteiger charge is -2.06. The predicted molar refractivity (Wildman–Crippen MR) is 116 cm³/mol. The monoisotopic (exact) mass is 412 g/mol. The van der Waals surface area contributed by atoms with Gasteiger partial charge in [0.05, 0.1) is 27.4 Å². The molecule has 0 unspecified atom stereocenters. The lowest BCUT2D eigenvalue weighted by molar-refractivity contribution is -0.384. The van der Waals surface area contributed by atoms with Gasteiger partial charge in [-0.15, -0.1) is 10.2 Å². The molecule has 0 spiro atoms. The van der Waals surface area contributed by atoms with Gasteiger partial charge in [-0.25, -0.2) is 4.98 Å². The van der Waals surface area contributed by atoms with E-state index in [1.165, 1.54) is 55.6 Å². The molecule has 0 aliphatic heterocycles. The van der Waals surface area contributed by atoms with Crippen LogP contribution in [-0.2, 0) is 0 Å². The average Bonchev–Trinajstić information content (AvgIpc) is 3.14. The molecule has 1 aromatic heterocycles. The van der Waals surface area contributed by atoms with Gasteiger partial charge in [0.15, 0.2) is 0 Å². The van der Waals surface area contributed by atoms with Crippen molar-refractivity contribution in [1.29, 1.82) is 0 Å². The number of unbranched alkanes of at least 4 members (excludes halogenated alkanes) is 5. The van der Waals surface area contributed by atoms with Crippen molar-refractivity contribution in [3.8, 4) is 5.75 Å². The summed E-state index contributed by atoms with van der Waals surface area (Å²) in [4.78, 5) is 14.8. The van der Waals surface area contributed by atoms with Gasteiger partial charge in [-0.2, -0.15) is 0 Å². The Morgan fingerprint density at radius 1 is 1.03 bits per heavy atom. The second kappa shape index (κ2) is 10.6. The fourth-order valence-corrected chi connectivity index (χ4v) is 3.66. The van der Waals surface area contributed by atoms with E-state index in [0.29, 0.717) is 21.0 Å². The summed E-state index contributed by atoms with van der Waals surface area (Å²) in [5.41, 5.74) is 1.41. The average molecular weight is 413 g/mol. The van der Waals surface area contributed by atoms with Crippen molar-refractivity contribution in [2.45, 2.75) is 45.4 Å². The van der Waals surface area contributed by atoms with Crippen molar-refractivity contribution in [1.82, 2.24) is 4.98 Å². The lowest BCUT2D eigenvalue weighted by atomic mass is 10.1. The Bertz CT molecular complexity index is 970. The summed E-state index contributed by atoms with van der Waals surface area (Å²) in [7, 11) is 0. The van der Waals surface area contributed by atoms with Crippen LogP contribution in [0.1, 0.15) is 45.4 Å². The Hall–Kier alpha value is -2.87. The molecule has 0 radical (unpaired) electrons. The maximum atomic E-state index is 10.9. The largest absolute Gasteiger partial charge is 0.494 e. The number of nitro benzene ring substituents is 1. The maximum Gasteiger partial charge on any atom is 0.270 e. The molecule has 0 aliphatic rings. The molecule has 152 valence electrons. The quantitative estimate of drug-likeness (QED) is 0.142. The summed E-state index contributed by atoms with van der Waals surface area (Å²) < 4.78 is 6.48. The van der Waals surface area contributed by atoms with E-state index in [0.717, 1.165) is 18.8 Å². The fraction of sp³-hybridized carbons (Fsp3) is 0.381. The van der Waals surface area contributed by atoms with Gasteiger partial charge in [-0.3, -0.25) is 10.1 Å². The molecule has 29 heavy (non-hydrogen) atoms. The van der Waals surface area contributed by atoms with E-state index in [4.69, 9.17) is 4.74 Å². The van der Waals surface area contributed by atoms with Crippen LogP contribution in [0.2, 0.25) is 0 Å². The number of hydrogen-bond acceptors (Lipinski definition) is 7. The minimum Gasteiger partial charge on any atom is -0.494 e. The minimum atomic E-state index is -0.420. The van der Waals surface area contributed by atoms with Gasteiger partial charge in [-0.05, 0) is 36.8 Å². The summed E-state index contributed by atoms with van der Waals surface area (Å²) in [6.45, 7) is 2.95. The highest BCUT2D eigenvalue weighted by molar-refractivity contribution is 7.21. The molecule has 3 rings (SSSR count). The van der Waals surface area contributed by atoms with Crippen LogP contribution < -0.4 is 4.74 Å². The highest BCUT2D eigenvalue weighted by Gasteiger charge is 2.10. The topological polar surface area (TPSA) is 90.0 Å². The number of nitrogens with zero attached hydrogens (tertiary/aromatic N) is 4. The van der Waals surface area contributed by atoms with Gasteiger partial charge in [-0.1, -0.05) is 50.4 Å². The SMILES string of the molecule is CCCCCCCCOc1ccc(N=Nc2nc3ccc([N+](=O)[O-])cc3s2)cc1. The van der Waals surface area contributed by atoms with Gasteiger partial charge in [0.2, 0.25) is 5.13 Å². The number of rotatable bonds is 11. The van der Waals surface area contributed by atoms with Crippen LogP contribution >= 0.6 is 11.3 Å². The van der Waals surface area contributed by atoms with E-state index < -0.39 is 4.92 Å². The first kappa shape index (κ1) is 20.9. The molecule has 2 aromatic carbocycles. The van der Waals surface area contributed by atoms with E-state index >= 15 is 0 Å². The molecule has 0 saturated heterocycles. The van der Waals surface area contributed by atoms with Crippen LogP contribution in [0.5, 0.6) is 5.75 Å². The van der Waals surface area contributed by atoms with Crippen LogP contribution in [0.4, 0.5) is 16.5 Å². The number of non-ortho nitro benzene ring substituents is 1. The van der Waals surface area contributed by atoms with Crippen molar-refractivity contribution in [3.05, 3.63) is 52.6 Å². The third-order valence-corrected chi connectivity index (χ3v) is 5.33. The summed E-state index contributed by atoms with van der Waals surface area (Å²) in [6.07, 6.45) is 7.44. The van der Waals surface area contributed by atoms with Gasteiger partial charge in [0.1, 0.15) is 5.75 Å². The molecule has 7 nitrogen and oxygen atoms in total. The van der Waals surface area contributed by atoms with Crippen molar-refractivity contribution in [3.63, 3.8) is 0 Å². The first-order chi connectivity index (χ1) is 14.2. The van der Waals surface area contributed by atoms with E-state index in [1.807, 2.05) is 24.3 Å². The van der Waals surface area contributed by atoms with Crippen molar-refractivity contribution in [2.75, 3.05) is 6.61 Å². The number of aromatic nitrogens is 1. The molecule has 0 fully saturated rings. The predicted octanol–water partition coefficient (Wildman–Crippen LogP) is 7.36. The highest BCUT2D eigenvalue weighted by Crippen LogP contribution is 2.32. The Labute approximate surface area is 173 Å². The van der Waals surface area contributed by atoms with Crippen molar-refractivity contribution < 1.29 is 9.66 Å². The number of benzene rings is 2. The lowest BCUT2D eigenvalue weighted by Crippen LogP contribution is -1.96. The molecule has 0 amide bonds. The molecule has 8 heteroatoms. The fourth-order valence-electron chi connectivity index (χ4n) is 2.84. The van der Waals surface area contributed by atoms with Crippen LogP contribution in [0, 0.1) is 10.1 Å². The van der Waals surface area contributed by atoms with E-state index in [1.54, 1.807) is 6.07 Å². The summed E-state index contributed by atoms with van der Waals surface area (Å²) in [5, 5.41) is 19.7. The Kier molecular flexibility index (Phi) is 7.63. The van der Waals surface area contributed by atoms with Crippen LogP contribution in [0.25, 0.3) is 10.2 Å². The molecule has 0 bridgehead atoms. The summed E-state index contributed by atoms with van der Waals surface area (Å²) in [5.74, 6) is 0.824. The molecule has 0 N–H and O–H groups in total. The van der Waals surface area contributed by atoms with Gasteiger partial charge in [0.25, 0.3) is 5.69 Å². The molecule has 0 saturated carbocycles. The molecular formula is C21H24N4O3S. The van der Waals surface area contributed by atoms with Crippen molar-refractivity contribution >= 4 is 38.1 Å². The smallest absolute Gasteiger partial charge is 0.270 e. The third-order valence-electron chi connectivity index (χ3n) is 4.43. The second-order valence-corrected chi connectivity index (χ2v) is 7.72. The first-order valence-electron chi connectivity index (χ1n) is 9.85.